The van der Waals surface area contributed by atoms with Crippen LogP contribution in [0.15, 0.2) is 52.6 Å². The third-order valence-corrected chi connectivity index (χ3v) is 2.98. The van der Waals surface area contributed by atoms with Gasteiger partial charge >= 0.3 is 0 Å². The van der Waals surface area contributed by atoms with Crippen molar-refractivity contribution in [2.24, 2.45) is 0 Å². The Morgan fingerprint density at radius 3 is 2.62 bits per heavy atom. The molecule has 82 valence electrons. The molecule has 2 aromatic heterocycles. The van der Waals surface area contributed by atoms with Gasteiger partial charge in [0, 0.05) is 17.3 Å². The Labute approximate surface area is 98.6 Å². The maximum absolute atomic E-state index is 9.32. The standard InChI is InChI=1S/C12H12N2OS/c1-9(15)11-6-5-10(8-14-11)16-12-4-2-3-7-13-12/h2-9,15H,1H3/t9-/m1/s1. The molecule has 0 aliphatic heterocycles. The fourth-order valence-electron chi connectivity index (χ4n) is 1.23. The monoisotopic (exact) mass is 232 g/mol. The first kappa shape index (κ1) is 11.1. The summed E-state index contributed by atoms with van der Waals surface area (Å²) in [6.07, 6.45) is 3.00. The number of aromatic nitrogens is 2. The minimum Gasteiger partial charge on any atom is -0.387 e. The molecule has 1 atom stereocenters. The molecule has 0 radical (unpaired) electrons. The Hall–Kier alpha value is -1.39. The van der Waals surface area contributed by atoms with Gasteiger partial charge in [-0.1, -0.05) is 17.8 Å². The first-order valence-corrected chi connectivity index (χ1v) is 5.80. The highest BCUT2D eigenvalue weighted by atomic mass is 32.2. The lowest BCUT2D eigenvalue weighted by Crippen LogP contribution is -1.94. The molecule has 0 aromatic carbocycles. The van der Waals surface area contributed by atoms with Crippen molar-refractivity contribution in [3.63, 3.8) is 0 Å². The molecule has 0 fully saturated rings. The summed E-state index contributed by atoms with van der Waals surface area (Å²) in [4.78, 5) is 9.41. The Balaban J connectivity index is 2.11. The molecule has 0 unspecified atom stereocenters. The van der Waals surface area contributed by atoms with Crippen LogP contribution in [0.3, 0.4) is 0 Å². The minimum absolute atomic E-state index is 0.520. The maximum atomic E-state index is 9.32. The molecule has 0 bridgehead atoms. The van der Waals surface area contributed by atoms with Gasteiger partial charge in [-0.15, -0.1) is 0 Å². The van der Waals surface area contributed by atoms with E-state index in [9.17, 15) is 5.11 Å². The normalized spacial score (nSPS) is 12.4. The third-order valence-electron chi connectivity index (χ3n) is 2.05. The molecule has 0 amide bonds. The fraction of sp³-hybridized carbons (Fsp3) is 0.167. The van der Waals surface area contributed by atoms with Crippen LogP contribution in [0.4, 0.5) is 0 Å². The second-order valence-electron chi connectivity index (χ2n) is 3.36. The molecule has 2 aromatic rings. The molecule has 0 spiro atoms. The highest BCUT2D eigenvalue weighted by Crippen LogP contribution is 2.25. The summed E-state index contributed by atoms with van der Waals surface area (Å²) in [5, 5.41) is 10.3. The predicted molar refractivity (Wildman–Crippen MR) is 63.2 cm³/mol. The van der Waals surface area contributed by atoms with E-state index >= 15 is 0 Å². The molecule has 2 rings (SSSR count). The molecule has 0 aliphatic carbocycles. The van der Waals surface area contributed by atoms with E-state index in [2.05, 4.69) is 9.97 Å². The summed E-state index contributed by atoms with van der Waals surface area (Å²) in [5.41, 5.74) is 0.686. The van der Waals surface area contributed by atoms with Gasteiger partial charge in [0.25, 0.3) is 0 Å². The van der Waals surface area contributed by atoms with E-state index in [1.54, 1.807) is 31.1 Å². The largest absolute Gasteiger partial charge is 0.387 e. The van der Waals surface area contributed by atoms with Gasteiger partial charge in [-0.2, -0.15) is 0 Å². The molecule has 3 nitrogen and oxygen atoms in total. The quantitative estimate of drug-likeness (QED) is 0.883. The van der Waals surface area contributed by atoms with E-state index in [1.807, 2.05) is 30.3 Å². The van der Waals surface area contributed by atoms with Gasteiger partial charge in [0.2, 0.25) is 0 Å². The lowest BCUT2D eigenvalue weighted by molar-refractivity contribution is 0.194. The zero-order valence-electron chi connectivity index (χ0n) is 8.87. The Morgan fingerprint density at radius 2 is 2.06 bits per heavy atom. The fourth-order valence-corrected chi connectivity index (χ4v) is 1.97. The van der Waals surface area contributed by atoms with Crippen LogP contribution in [-0.4, -0.2) is 15.1 Å². The Bertz CT molecular complexity index is 442. The van der Waals surface area contributed by atoms with Gasteiger partial charge < -0.3 is 5.11 Å². The van der Waals surface area contributed by atoms with Crippen LogP contribution in [0.5, 0.6) is 0 Å². The number of hydrogen-bond acceptors (Lipinski definition) is 4. The van der Waals surface area contributed by atoms with Gasteiger partial charge in [-0.25, -0.2) is 4.98 Å². The number of hydrogen-bond donors (Lipinski definition) is 1. The number of aliphatic hydroxyl groups excluding tert-OH is 1. The summed E-state index contributed by atoms with van der Waals surface area (Å²) < 4.78 is 0. The van der Waals surface area contributed by atoms with Crippen LogP contribution >= 0.6 is 11.8 Å². The van der Waals surface area contributed by atoms with Crippen LogP contribution in [0.2, 0.25) is 0 Å². The molecule has 16 heavy (non-hydrogen) atoms. The zero-order chi connectivity index (χ0) is 11.4. The second-order valence-corrected chi connectivity index (χ2v) is 4.46. The van der Waals surface area contributed by atoms with Gasteiger partial charge in [0.05, 0.1) is 11.8 Å². The topological polar surface area (TPSA) is 46.0 Å². The average molecular weight is 232 g/mol. The van der Waals surface area contributed by atoms with E-state index in [0.29, 0.717) is 5.69 Å². The van der Waals surface area contributed by atoms with E-state index in [1.165, 1.54) is 0 Å². The van der Waals surface area contributed by atoms with Crippen molar-refractivity contribution >= 4 is 11.8 Å². The van der Waals surface area contributed by atoms with Crippen molar-refractivity contribution in [3.8, 4) is 0 Å². The van der Waals surface area contributed by atoms with Gasteiger partial charge in [-0.05, 0) is 31.2 Å². The second kappa shape index (κ2) is 5.09. The number of aliphatic hydroxyl groups is 1. The highest BCUT2D eigenvalue weighted by molar-refractivity contribution is 7.99. The van der Waals surface area contributed by atoms with Crippen molar-refractivity contribution in [2.75, 3.05) is 0 Å². The van der Waals surface area contributed by atoms with E-state index in [4.69, 9.17) is 0 Å². The van der Waals surface area contributed by atoms with E-state index in [0.717, 1.165) is 9.92 Å². The van der Waals surface area contributed by atoms with Crippen molar-refractivity contribution in [1.82, 2.24) is 9.97 Å². The maximum Gasteiger partial charge on any atom is 0.101 e. The summed E-state index contributed by atoms with van der Waals surface area (Å²) in [6.45, 7) is 1.70. The summed E-state index contributed by atoms with van der Waals surface area (Å²) >= 11 is 1.55. The van der Waals surface area contributed by atoms with Crippen molar-refractivity contribution < 1.29 is 5.11 Å². The lowest BCUT2D eigenvalue weighted by Gasteiger charge is -2.04. The number of rotatable bonds is 3. The lowest BCUT2D eigenvalue weighted by atomic mass is 10.2. The van der Waals surface area contributed by atoms with Crippen LogP contribution < -0.4 is 0 Å². The van der Waals surface area contributed by atoms with Crippen LogP contribution in [0, 0.1) is 0 Å². The van der Waals surface area contributed by atoms with Crippen LogP contribution in [0.25, 0.3) is 0 Å². The minimum atomic E-state index is -0.520. The van der Waals surface area contributed by atoms with Crippen molar-refractivity contribution in [2.45, 2.75) is 22.9 Å². The Kier molecular flexibility index (Phi) is 3.54. The van der Waals surface area contributed by atoms with Gasteiger partial charge in [0.1, 0.15) is 5.03 Å². The molecule has 1 N–H and O–H groups in total. The van der Waals surface area contributed by atoms with Gasteiger partial charge in [-0.3, -0.25) is 4.98 Å². The predicted octanol–water partition coefficient (Wildman–Crippen LogP) is 2.68. The smallest absolute Gasteiger partial charge is 0.101 e. The third kappa shape index (κ3) is 2.81. The molecule has 0 aliphatic rings. The van der Waals surface area contributed by atoms with Crippen molar-refractivity contribution in [1.29, 1.82) is 0 Å². The zero-order valence-corrected chi connectivity index (χ0v) is 9.69. The van der Waals surface area contributed by atoms with Crippen LogP contribution in [-0.2, 0) is 0 Å². The molecule has 0 saturated heterocycles. The van der Waals surface area contributed by atoms with Crippen LogP contribution in [0.1, 0.15) is 18.7 Å². The molecular formula is C12H12N2OS. The number of pyridine rings is 2. The first-order valence-electron chi connectivity index (χ1n) is 4.98. The highest BCUT2D eigenvalue weighted by Gasteiger charge is 2.03. The van der Waals surface area contributed by atoms with E-state index < -0.39 is 6.10 Å². The van der Waals surface area contributed by atoms with E-state index in [-0.39, 0.29) is 0 Å². The average Bonchev–Trinajstić information content (AvgIpc) is 2.31. The molecule has 2 heterocycles. The SMILES string of the molecule is C[C@@H](O)c1ccc(Sc2ccccn2)cn1. The van der Waals surface area contributed by atoms with Crippen molar-refractivity contribution in [3.05, 3.63) is 48.4 Å². The Morgan fingerprint density at radius 1 is 1.19 bits per heavy atom. The molecule has 0 saturated carbocycles. The molecule has 4 heteroatoms. The summed E-state index contributed by atoms with van der Waals surface area (Å²) in [7, 11) is 0. The number of nitrogens with zero attached hydrogens (tertiary/aromatic N) is 2. The molecular weight excluding hydrogens is 220 g/mol. The van der Waals surface area contributed by atoms with Gasteiger partial charge in [0.15, 0.2) is 0 Å². The summed E-state index contributed by atoms with van der Waals surface area (Å²) in [6, 6.07) is 9.56. The first-order chi connectivity index (χ1) is 7.75. The summed E-state index contributed by atoms with van der Waals surface area (Å²) in [5.74, 6) is 0.